The van der Waals surface area contributed by atoms with Crippen LogP contribution in [-0.2, 0) is 4.74 Å². The van der Waals surface area contributed by atoms with E-state index in [1.54, 1.807) is 6.07 Å². The van der Waals surface area contributed by atoms with Crippen LogP contribution in [0.1, 0.15) is 10.4 Å². The van der Waals surface area contributed by atoms with Gasteiger partial charge in [-0.1, -0.05) is 29.8 Å². The fourth-order valence-corrected chi connectivity index (χ4v) is 3.32. The third kappa shape index (κ3) is 3.68. The van der Waals surface area contributed by atoms with Gasteiger partial charge in [0.05, 0.1) is 35.2 Å². The van der Waals surface area contributed by atoms with Crippen LogP contribution in [0, 0.1) is 0 Å². The minimum Gasteiger partial charge on any atom is -0.378 e. The quantitative estimate of drug-likeness (QED) is 0.847. The number of carbonyl (C=O) groups is 1. The lowest BCUT2D eigenvalue weighted by molar-refractivity contribution is 0.102. The highest BCUT2D eigenvalue weighted by molar-refractivity contribution is 9.10. The Balaban J connectivity index is 1.89. The van der Waals surface area contributed by atoms with E-state index in [1.165, 1.54) is 0 Å². The molecular formula is C17H16BrClN2O2. The van der Waals surface area contributed by atoms with Crippen LogP contribution in [0.5, 0.6) is 0 Å². The number of morpholine rings is 1. The second-order valence-electron chi connectivity index (χ2n) is 5.17. The minimum atomic E-state index is -0.172. The van der Waals surface area contributed by atoms with E-state index < -0.39 is 0 Å². The number of anilines is 2. The molecule has 4 nitrogen and oxygen atoms in total. The average molecular weight is 396 g/mol. The van der Waals surface area contributed by atoms with Crippen molar-refractivity contribution in [2.24, 2.45) is 0 Å². The highest BCUT2D eigenvalue weighted by Crippen LogP contribution is 2.35. The van der Waals surface area contributed by atoms with E-state index in [0.29, 0.717) is 29.5 Å². The van der Waals surface area contributed by atoms with Crippen LogP contribution in [0.25, 0.3) is 0 Å². The van der Waals surface area contributed by atoms with E-state index >= 15 is 0 Å². The molecule has 1 heterocycles. The van der Waals surface area contributed by atoms with Crippen molar-refractivity contribution in [1.82, 2.24) is 0 Å². The summed E-state index contributed by atoms with van der Waals surface area (Å²) in [5.41, 5.74) is 2.14. The summed E-state index contributed by atoms with van der Waals surface area (Å²) in [6, 6.07) is 12.9. The number of amides is 1. The molecule has 1 saturated heterocycles. The fraction of sp³-hybridized carbons (Fsp3) is 0.235. The molecule has 1 fully saturated rings. The van der Waals surface area contributed by atoms with Crippen LogP contribution in [0.4, 0.5) is 11.4 Å². The Morgan fingerprint density at radius 1 is 1.13 bits per heavy atom. The van der Waals surface area contributed by atoms with Gasteiger partial charge in [-0.05, 0) is 40.2 Å². The topological polar surface area (TPSA) is 41.6 Å². The number of hydrogen-bond acceptors (Lipinski definition) is 3. The van der Waals surface area contributed by atoms with E-state index in [9.17, 15) is 4.79 Å². The first-order valence-corrected chi connectivity index (χ1v) is 8.51. The molecule has 0 radical (unpaired) electrons. The summed E-state index contributed by atoms with van der Waals surface area (Å²) >= 11 is 9.79. The SMILES string of the molecule is O=C(Nc1cccc(Cl)c1N1CCOCC1)c1ccccc1Br. The maximum absolute atomic E-state index is 12.6. The summed E-state index contributed by atoms with van der Waals surface area (Å²) in [6.07, 6.45) is 0. The molecule has 3 rings (SSSR count). The summed E-state index contributed by atoms with van der Waals surface area (Å²) in [5.74, 6) is -0.172. The van der Waals surface area contributed by atoms with Gasteiger partial charge in [0.15, 0.2) is 0 Å². The Kier molecular flexibility index (Phi) is 5.20. The number of benzene rings is 2. The Hall–Kier alpha value is -1.56. The molecule has 2 aromatic rings. The molecule has 120 valence electrons. The molecule has 1 aliphatic rings. The van der Waals surface area contributed by atoms with Crippen molar-refractivity contribution in [2.75, 3.05) is 36.5 Å². The molecule has 1 N–H and O–H groups in total. The molecule has 2 aromatic carbocycles. The van der Waals surface area contributed by atoms with Gasteiger partial charge in [0.25, 0.3) is 5.91 Å². The zero-order chi connectivity index (χ0) is 16.2. The van der Waals surface area contributed by atoms with Crippen LogP contribution in [0.2, 0.25) is 5.02 Å². The lowest BCUT2D eigenvalue weighted by Crippen LogP contribution is -2.37. The number of para-hydroxylation sites is 1. The number of nitrogens with one attached hydrogen (secondary N) is 1. The van der Waals surface area contributed by atoms with Gasteiger partial charge >= 0.3 is 0 Å². The average Bonchev–Trinajstić information content (AvgIpc) is 2.56. The largest absolute Gasteiger partial charge is 0.378 e. The first kappa shape index (κ1) is 16.3. The van der Waals surface area contributed by atoms with Gasteiger partial charge < -0.3 is 15.0 Å². The van der Waals surface area contributed by atoms with Crippen molar-refractivity contribution in [2.45, 2.75) is 0 Å². The molecule has 0 atom stereocenters. The Morgan fingerprint density at radius 3 is 2.61 bits per heavy atom. The summed E-state index contributed by atoms with van der Waals surface area (Å²) in [7, 11) is 0. The first-order valence-electron chi connectivity index (χ1n) is 7.34. The molecule has 0 bridgehead atoms. The minimum absolute atomic E-state index is 0.172. The fourth-order valence-electron chi connectivity index (χ4n) is 2.56. The molecule has 0 saturated carbocycles. The smallest absolute Gasteiger partial charge is 0.256 e. The van der Waals surface area contributed by atoms with Crippen molar-refractivity contribution in [3.8, 4) is 0 Å². The summed E-state index contributed by atoms with van der Waals surface area (Å²) in [4.78, 5) is 14.7. The maximum atomic E-state index is 12.6. The van der Waals surface area contributed by atoms with E-state index in [-0.39, 0.29) is 5.91 Å². The van der Waals surface area contributed by atoms with Gasteiger partial charge in [-0.25, -0.2) is 0 Å². The van der Waals surface area contributed by atoms with Crippen molar-refractivity contribution in [3.05, 3.63) is 57.5 Å². The van der Waals surface area contributed by atoms with Crippen LogP contribution >= 0.6 is 27.5 Å². The second kappa shape index (κ2) is 7.34. The normalized spacial score (nSPS) is 14.6. The maximum Gasteiger partial charge on any atom is 0.256 e. The molecular weight excluding hydrogens is 380 g/mol. The standard InChI is InChI=1S/C17H16BrClN2O2/c18-13-5-2-1-4-12(13)17(22)20-15-7-3-6-14(19)16(15)21-8-10-23-11-9-21/h1-7H,8-11H2,(H,20,22). The second-order valence-corrected chi connectivity index (χ2v) is 6.43. The Morgan fingerprint density at radius 2 is 1.87 bits per heavy atom. The van der Waals surface area contributed by atoms with E-state index in [4.69, 9.17) is 16.3 Å². The van der Waals surface area contributed by atoms with Gasteiger partial charge in [0, 0.05) is 17.6 Å². The summed E-state index contributed by atoms with van der Waals surface area (Å²) in [6.45, 7) is 2.81. The Labute approximate surface area is 148 Å². The molecule has 0 aromatic heterocycles. The zero-order valence-corrected chi connectivity index (χ0v) is 14.7. The third-order valence-corrected chi connectivity index (χ3v) is 4.68. The predicted octanol–water partition coefficient (Wildman–Crippen LogP) is 4.19. The van der Waals surface area contributed by atoms with Gasteiger partial charge in [-0.3, -0.25) is 4.79 Å². The molecule has 0 aliphatic carbocycles. The molecule has 23 heavy (non-hydrogen) atoms. The van der Waals surface area contributed by atoms with Crippen LogP contribution in [-0.4, -0.2) is 32.2 Å². The number of hydrogen-bond donors (Lipinski definition) is 1. The number of ether oxygens (including phenoxy) is 1. The van der Waals surface area contributed by atoms with Gasteiger partial charge in [-0.15, -0.1) is 0 Å². The van der Waals surface area contributed by atoms with E-state index in [2.05, 4.69) is 26.1 Å². The van der Waals surface area contributed by atoms with Crippen molar-refractivity contribution in [1.29, 1.82) is 0 Å². The van der Waals surface area contributed by atoms with Gasteiger partial charge in [0.2, 0.25) is 0 Å². The van der Waals surface area contributed by atoms with Crippen LogP contribution in [0.15, 0.2) is 46.9 Å². The lowest BCUT2D eigenvalue weighted by atomic mass is 10.2. The van der Waals surface area contributed by atoms with Crippen molar-refractivity contribution < 1.29 is 9.53 Å². The molecule has 1 amide bonds. The van der Waals surface area contributed by atoms with Crippen LogP contribution < -0.4 is 10.2 Å². The molecule has 1 aliphatic heterocycles. The van der Waals surface area contributed by atoms with E-state index in [1.807, 2.05) is 36.4 Å². The lowest BCUT2D eigenvalue weighted by Gasteiger charge is -2.31. The van der Waals surface area contributed by atoms with E-state index in [0.717, 1.165) is 23.2 Å². The van der Waals surface area contributed by atoms with Crippen molar-refractivity contribution in [3.63, 3.8) is 0 Å². The van der Waals surface area contributed by atoms with Crippen molar-refractivity contribution >= 4 is 44.8 Å². The summed E-state index contributed by atoms with van der Waals surface area (Å²) in [5, 5.41) is 3.59. The third-order valence-electron chi connectivity index (χ3n) is 3.68. The summed E-state index contributed by atoms with van der Waals surface area (Å²) < 4.78 is 6.15. The molecule has 6 heteroatoms. The first-order chi connectivity index (χ1) is 11.2. The molecule has 0 spiro atoms. The Bertz CT molecular complexity index is 717. The van der Waals surface area contributed by atoms with Gasteiger partial charge in [0.1, 0.15) is 0 Å². The monoisotopic (exact) mass is 394 g/mol. The predicted molar refractivity (Wildman–Crippen MR) is 96.6 cm³/mol. The highest BCUT2D eigenvalue weighted by Gasteiger charge is 2.19. The highest BCUT2D eigenvalue weighted by atomic mass is 79.9. The number of nitrogens with zero attached hydrogens (tertiary/aromatic N) is 1. The van der Waals surface area contributed by atoms with Crippen LogP contribution in [0.3, 0.4) is 0 Å². The molecule has 0 unspecified atom stereocenters. The van der Waals surface area contributed by atoms with Gasteiger partial charge in [-0.2, -0.15) is 0 Å². The number of rotatable bonds is 3. The zero-order valence-electron chi connectivity index (χ0n) is 12.4. The number of carbonyl (C=O) groups excluding carboxylic acids is 1. The number of halogens is 2.